The van der Waals surface area contributed by atoms with Crippen molar-refractivity contribution in [2.24, 2.45) is 0 Å². The summed E-state index contributed by atoms with van der Waals surface area (Å²) in [4.78, 5) is 9.33. The molecule has 0 aliphatic heterocycles. The standard InChI is InChI=1S/C16H21N3O/c1-6-17-16-15(18-11(3)12(4)19-16)14-8-7-13(20-5)9-10(14)2/h7-9H,6H2,1-5H3,(H,17,19). The molecule has 0 saturated carbocycles. The number of ether oxygens (including phenoxy) is 1. The molecule has 0 aliphatic carbocycles. The third kappa shape index (κ3) is 2.74. The lowest BCUT2D eigenvalue weighted by atomic mass is 10.0. The van der Waals surface area contributed by atoms with Crippen LogP contribution in [0.15, 0.2) is 18.2 Å². The van der Waals surface area contributed by atoms with Crippen molar-refractivity contribution in [1.82, 2.24) is 9.97 Å². The molecule has 2 aromatic rings. The van der Waals surface area contributed by atoms with Crippen molar-refractivity contribution in [1.29, 1.82) is 0 Å². The van der Waals surface area contributed by atoms with Crippen molar-refractivity contribution in [2.45, 2.75) is 27.7 Å². The molecule has 1 aromatic carbocycles. The molecule has 1 aromatic heterocycles. The van der Waals surface area contributed by atoms with E-state index in [9.17, 15) is 0 Å². The Morgan fingerprint density at radius 2 is 1.80 bits per heavy atom. The van der Waals surface area contributed by atoms with Crippen LogP contribution in [0, 0.1) is 20.8 Å². The molecule has 2 rings (SSSR count). The van der Waals surface area contributed by atoms with E-state index >= 15 is 0 Å². The Labute approximate surface area is 120 Å². The summed E-state index contributed by atoms with van der Waals surface area (Å²) in [7, 11) is 1.67. The van der Waals surface area contributed by atoms with Gasteiger partial charge in [0, 0.05) is 12.1 Å². The Hall–Kier alpha value is -2.10. The second-order valence-electron chi connectivity index (χ2n) is 4.80. The van der Waals surface area contributed by atoms with Gasteiger partial charge in [0.1, 0.15) is 11.4 Å². The van der Waals surface area contributed by atoms with E-state index < -0.39 is 0 Å². The molecule has 0 fully saturated rings. The third-order valence-corrected chi connectivity index (χ3v) is 3.34. The maximum atomic E-state index is 5.25. The van der Waals surface area contributed by atoms with Crippen LogP contribution in [0.5, 0.6) is 5.75 Å². The van der Waals surface area contributed by atoms with E-state index in [1.54, 1.807) is 7.11 Å². The number of anilines is 1. The van der Waals surface area contributed by atoms with Gasteiger partial charge in [-0.3, -0.25) is 0 Å². The summed E-state index contributed by atoms with van der Waals surface area (Å²) in [5.74, 6) is 1.69. The van der Waals surface area contributed by atoms with Crippen LogP contribution in [0.2, 0.25) is 0 Å². The van der Waals surface area contributed by atoms with Crippen molar-refractivity contribution < 1.29 is 4.74 Å². The van der Waals surface area contributed by atoms with Crippen molar-refractivity contribution in [3.63, 3.8) is 0 Å². The Bertz CT molecular complexity index is 623. The third-order valence-electron chi connectivity index (χ3n) is 3.34. The first-order chi connectivity index (χ1) is 9.56. The van der Waals surface area contributed by atoms with Gasteiger partial charge in [-0.2, -0.15) is 0 Å². The number of benzene rings is 1. The first-order valence-corrected chi connectivity index (χ1v) is 6.81. The second-order valence-corrected chi connectivity index (χ2v) is 4.80. The molecule has 106 valence electrons. The monoisotopic (exact) mass is 271 g/mol. The lowest BCUT2D eigenvalue weighted by Gasteiger charge is -2.14. The molecule has 0 bridgehead atoms. The number of hydrogen-bond donors (Lipinski definition) is 1. The second kappa shape index (κ2) is 5.90. The first kappa shape index (κ1) is 14.3. The molecule has 0 unspecified atom stereocenters. The summed E-state index contributed by atoms with van der Waals surface area (Å²) in [6.45, 7) is 8.90. The number of nitrogens with one attached hydrogen (secondary N) is 1. The minimum Gasteiger partial charge on any atom is -0.497 e. The van der Waals surface area contributed by atoms with Gasteiger partial charge in [0.05, 0.1) is 18.5 Å². The largest absolute Gasteiger partial charge is 0.497 e. The van der Waals surface area contributed by atoms with Crippen LogP contribution in [-0.4, -0.2) is 23.6 Å². The lowest BCUT2D eigenvalue weighted by Crippen LogP contribution is -2.06. The van der Waals surface area contributed by atoms with Crippen LogP contribution in [0.25, 0.3) is 11.3 Å². The summed E-state index contributed by atoms with van der Waals surface area (Å²) in [5, 5.41) is 3.29. The number of methoxy groups -OCH3 is 1. The van der Waals surface area contributed by atoms with Gasteiger partial charge in [-0.05, 0) is 51.5 Å². The predicted molar refractivity (Wildman–Crippen MR) is 82.4 cm³/mol. The summed E-state index contributed by atoms with van der Waals surface area (Å²) < 4.78 is 5.25. The van der Waals surface area contributed by atoms with Gasteiger partial charge in [-0.1, -0.05) is 0 Å². The molecule has 0 radical (unpaired) electrons. The highest BCUT2D eigenvalue weighted by molar-refractivity contribution is 5.74. The number of rotatable bonds is 4. The molecule has 4 heteroatoms. The van der Waals surface area contributed by atoms with Crippen LogP contribution in [-0.2, 0) is 0 Å². The summed E-state index contributed by atoms with van der Waals surface area (Å²) in [6, 6.07) is 6.00. The molecule has 1 N–H and O–H groups in total. The lowest BCUT2D eigenvalue weighted by molar-refractivity contribution is 0.414. The Kier molecular flexibility index (Phi) is 4.23. The zero-order chi connectivity index (χ0) is 14.7. The van der Waals surface area contributed by atoms with Crippen LogP contribution in [0.4, 0.5) is 5.82 Å². The fraction of sp³-hybridized carbons (Fsp3) is 0.375. The maximum Gasteiger partial charge on any atom is 0.152 e. The Morgan fingerprint density at radius 1 is 1.10 bits per heavy atom. The molecule has 1 heterocycles. The quantitative estimate of drug-likeness (QED) is 0.924. The van der Waals surface area contributed by atoms with Gasteiger partial charge in [-0.25, -0.2) is 9.97 Å². The molecule has 0 saturated heterocycles. The van der Waals surface area contributed by atoms with Gasteiger partial charge in [-0.15, -0.1) is 0 Å². The van der Waals surface area contributed by atoms with Crippen LogP contribution in [0.1, 0.15) is 23.9 Å². The molecular formula is C16H21N3O. The average Bonchev–Trinajstić information content (AvgIpc) is 2.43. The van der Waals surface area contributed by atoms with Crippen LogP contribution >= 0.6 is 0 Å². The zero-order valence-corrected chi connectivity index (χ0v) is 12.7. The molecular weight excluding hydrogens is 250 g/mol. The van der Waals surface area contributed by atoms with Crippen LogP contribution in [0.3, 0.4) is 0 Å². The number of hydrogen-bond acceptors (Lipinski definition) is 4. The fourth-order valence-corrected chi connectivity index (χ4v) is 2.11. The highest BCUT2D eigenvalue weighted by Crippen LogP contribution is 2.30. The topological polar surface area (TPSA) is 47.0 Å². The molecule has 0 spiro atoms. The van der Waals surface area contributed by atoms with Gasteiger partial charge < -0.3 is 10.1 Å². The molecule has 4 nitrogen and oxygen atoms in total. The highest BCUT2D eigenvalue weighted by Gasteiger charge is 2.13. The summed E-state index contributed by atoms with van der Waals surface area (Å²) in [5.41, 5.74) is 5.02. The minimum atomic E-state index is 0.819. The maximum absolute atomic E-state index is 5.25. The van der Waals surface area contributed by atoms with Crippen molar-refractivity contribution >= 4 is 5.82 Å². The van der Waals surface area contributed by atoms with E-state index in [2.05, 4.69) is 24.1 Å². The Morgan fingerprint density at radius 3 is 2.40 bits per heavy atom. The normalized spacial score (nSPS) is 10.4. The summed E-state index contributed by atoms with van der Waals surface area (Å²) >= 11 is 0. The van der Waals surface area contributed by atoms with E-state index in [-0.39, 0.29) is 0 Å². The van der Waals surface area contributed by atoms with Crippen molar-refractivity contribution in [3.05, 3.63) is 35.2 Å². The van der Waals surface area contributed by atoms with Gasteiger partial charge in [0.25, 0.3) is 0 Å². The zero-order valence-electron chi connectivity index (χ0n) is 12.7. The molecule has 20 heavy (non-hydrogen) atoms. The number of nitrogens with zero attached hydrogens (tertiary/aromatic N) is 2. The molecule has 0 aliphatic rings. The van der Waals surface area contributed by atoms with Crippen molar-refractivity contribution in [3.8, 4) is 17.0 Å². The van der Waals surface area contributed by atoms with E-state index in [0.717, 1.165) is 46.3 Å². The van der Waals surface area contributed by atoms with E-state index in [0.29, 0.717) is 0 Å². The van der Waals surface area contributed by atoms with E-state index in [1.165, 1.54) is 0 Å². The number of aromatic nitrogens is 2. The molecule has 0 atom stereocenters. The van der Waals surface area contributed by atoms with Gasteiger partial charge in [0.2, 0.25) is 0 Å². The van der Waals surface area contributed by atoms with Gasteiger partial charge in [0.15, 0.2) is 5.82 Å². The van der Waals surface area contributed by atoms with Crippen molar-refractivity contribution in [2.75, 3.05) is 19.0 Å². The predicted octanol–water partition coefficient (Wildman–Crippen LogP) is 3.51. The van der Waals surface area contributed by atoms with Gasteiger partial charge >= 0.3 is 0 Å². The fourth-order valence-electron chi connectivity index (χ4n) is 2.11. The van der Waals surface area contributed by atoms with Crippen LogP contribution < -0.4 is 10.1 Å². The highest BCUT2D eigenvalue weighted by atomic mass is 16.5. The smallest absolute Gasteiger partial charge is 0.152 e. The molecule has 0 amide bonds. The van der Waals surface area contributed by atoms with E-state index in [1.807, 2.05) is 32.0 Å². The SMILES string of the molecule is CCNc1nc(C)c(C)nc1-c1ccc(OC)cc1C. The first-order valence-electron chi connectivity index (χ1n) is 6.81. The Balaban J connectivity index is 2.58. The van der Waals surface area contributed by atoms with E-state index in [4.69, 9.17) is 9.72 Å². The average molecular weight is 271 g/mol. The number of aryl methyl sites for hydroxylation is 3. The minimum absolute atomic E-state index is 0.819. The summed E-state index contributed by atoms with van der Waals surface area (Å²) in [6.07, 6.45) is 0.